The van der Waals surface area contributed by atoms with Gasteiger partial charge in [0.25, 0.3) is 0 Å². The van der Waals surface area contributed by atoms with E-state index in [0.29, 0.717) is 12.3 Å². The minimum absolute atomic E-state index is 0.234. The Kier molecular flexibility index (Phi) is 5.93. The van der Waals surface area contributed by atoms with Crippen LogP contribution in [0.5, 0.6) is 5.75 Å². The highest BCUT2D eigenvalue weighted by Crippen LogP contribution is 2.24. The van der Waals surface area contributed by atoms with Gasteiger partial charge in [-0.25, -0.2) is 14.2 Å². The highest BCUT2D eigenvalue weighted by molar-refractivity contribution is 5.74. The second-order valence-electron chi connectivity index (χ2n) is 6.53. The normalized spacial score (nSPS) is 11.7. The number of urea groups is 1. The molecule has 0 aliphatic carbocycles. The molecule has 7 heteroatoms. The van der Waals surface area contributed by atoms with Crippen LogP contribution in [0.25, 0.3) is 5.69 Å². The van der Waals surface area contributed by atoms with E-state index in [9.17, 15) is 9.18 Å². The number of hydrogen-bond donors (Lipinski definition) is 2. The third-order valence-electron chi connectivity index (χ3n) is 4.40. The number of nitrogens with one attached hydrogen (secondary N) is 2. The van der Waals surface area contributed by atoms with Gasteiger partial charge in [-0.05, 0) is 49.2 Å². The zero-order chi connectivity index (χ0) is 20.1. The molecule has 0 spiro atoms. The van der Waals surface area contributed by atoms with E-state index in [1.54, 1.807) is 25.6 Å². The summed E-state index contributed by atoms with van der Waals surface area (Å²) in [5.41, 5.74) is 3.53. The van der Waals surface area contributed by atoms with Crippen LogP contribution in [0.1, 0.15) is 29.8 Å². The SMILES string of the molecule is COc1cc(CNC(=O)N[C@@H](C)c2ccc(F)cc2)ccc1-n1cnc(C)c1. The van der Waals surface area contributed by atoms with Crippen LogP contribution >= 0.6 is 0 Å². The number of aryl methyl sites for hydroxylation is 1. The summed E-state index contributed by atoms with van der Waals surface area (Å²) in [5.74, 6) is 0.389. The zero-order valence-corrected chi connectivity index (χ0v) is 16.1. The number of aromatic nitrogens is 2. The van der Waals surface area contributed by atoms with Crippen molar-refractivity contribution in [3.63, 3.8) is 0 Å². The Bertz CT molecular complexity index is 953. The molecule has 3 rings (SSSR count). The summed E-state index contributed by atoms with van der Waals surface area (Å²) in [6.07, 6.45) is 3.65. The van der Waals surface area contributed by atoms with Crippen molar-refractivity contribution in [3.8, 4) is 11.4 Å². The van der Waals surface area contributed by atoms with E-state index in [-0.39, 0.29) is 17.9 Å². The Morgan fingerprint density at radius 2 is 2.00 bits per heavy atom. The van der Waals surface area contributed by atoms with Crippen molar-refractivity contribution in [2.75, 3.05) is 7.11 Å². The van der Waals surface area contributed by atoms with E-state index in [2.05, 4.69) is 15.6 Å². The second-order valence-corrected chi connectivity index (χ2v) is 6.53. The molecule has 6 nitrogen and oxygen atoms in total. The fourth-order valence-corrected chi connectivity index (χ4v) is 2.86. The quantitative estimate of drug-likeness (QED) is 0.680. The number of carbonyl (C=O) groups excluding carboxylic acids is 1. The molecule has 0 unspecified atom stereocenters. The number of halogens is 1. The number of hydrogen-bond acceptors (Lipinski definition) is 3. The van der Waals surface area contributed by atoms with Gasteiger partial charge in [-0.3, -0.25) is 0 Å². The Hall–Kier alpha value is -3.35. The van der Waals surface area contributed by atoms with Crippen molar-refractivity contribution in [1.82, 2.24) is 20.2 Å². The Labute approximate surface area is 163 Å². The standard InChI is InChI=1S/C21H23FN4O2/c1-14-12-26(13-24-14)19-9-4-16(10-20(19)28-3)11-23-21(27)25-15(2)17-5-7-18(22)8-6-17/h4-10,12-13,15H,11H2,1-3H3,(H2,23,25,27)/t15-/m0/s1. The first-order chi connectivity index (χ1) is 13.5. The van der Waals surface area contributed by atoms with E-state index >= 15 is 0 Å². The van der Waals surface area contributed by atoms with Gasteiger partial charge in [0.2, 0.25) is 0 Å². The topological polar surface area (TPSA) is 68.2 Å². The lowest BCUT2D eigenvalue weighted by Gasteiger charge is -2.16. The summed E-state index contributed by atoms with van der Waals surface area (Å²) in [7, 11) is 1.61. The molecule has 0 aliphatic rings. The lowest BCUT2D eigenvalue weighted by molar-refractivity contribution is 0.237. The predicted molar refractivity (Wildman–Crippen MR) is 105 cm³/mol. The lowest BCUT2D eigenvalue weighted by atomic mass is 10.1. The van der Waals surface area contributed by atoms with Crippen LogP contribution in [0.2, 0.25) is 0 Å². The Morgan fingerprint density at radius 3 is 2.64 bits per heavy atom. The summed E-state index contributed by atoms with van der Waals surface area (Å²) in [6, 6.07) is 11.3. The van der Waals surface area contributed by atoms with Crippen LogP contribution in [0, 0.1) is 12.7 Å². The van der Waals surface area contributed by atoms with Crippen molar-refractivity contribution in [2.45, 2.75) is 26.4 Å². The van der Waals surface area contributed by atoms with Crippen molar-refractivity contribution < 1.29 is 13.9 Å². The number of carbonyl (C=O) groups is 1. The second kappa shape index (κ2) is 8.56. The first kappa shape index (κ1) is 19.4. The molecule has 1 atom stereocenters. The highest BCUT2D eigenvalue weighted by atomic mass is 19.1. The van der Waals surface area contributed by atoms with E-state index in [1.165, 1.54) is 12.1 Å². The summed E-state index contributed by atoms with van der Waals surface area (Å²) >= 11 is 0. The molecular weight excluding hydrogens is 359 g/mol. The minimum atomic E-state index is -0.302. The molecule has 28 heavy (non-hydrogen) atoms. The monoisotopic (exact) mass is 382 g/mol. The van der Waals surface area contributed by atoms with Gasteiger partial charge in [-0.1, -0.05) is 18.2 Å². The van der Waals surface area contributed by atoms with E-state index in [1.807, 2.05) is 42.8 Å². The Morgan fingerprint density at radius 1 is 1.25 bits per heavy atom. The van der Waals surface area contributed by atoms with Gasteiger partial charge in [0, 0.05) is 12.7 Å². The molecule has 1 aromatic heterocycles. The molecule has 0 saturated heterocycles. The van der Waals surface area contributed by atoms with Gasteiger partial charge in [-0.2, -0.15) is 0 Å². The summed E-state index contributed by atoms with van der Waals surface area (Å²) in [6.45, 7) is 4.12. The van der Waals surface area contributed by atoms with Crippen LogP contribution < -0.4 is 15.4 Å². The molecule has 2 amide bonds. The smallest absolute Gasteiger partial charge is 0.315 e. The van der Waals surface area contributed by atoms with Gasteiger partial charge < -0.3 is 19.9 Å². The molecule has 3 aromatic rings. The molecule has 2 N–H and O–H groups in total. The number of rotatable bonds is 6. The van der Waals surface area contributed by atoms with Crippen molar-refractivity contribution in [3.05, 3.63) is 77.6 Å². The summed E-state index contributed by atoms with van der Waals surface area (Å²) in [5, 5.41) is 5.67. The van der Waals surface area contributed by atoms with Gasteiger partial charge >= 0.3 is 6.03 Å². The van der Waals surface area contributed by atoms with Crippen LogP contribution in [0.15, 0.2) is 55.0 Å². The molecule has 0 bridgehead atoms. The fraction of sp³-hybridized carbons (Fsp3) is 0.238. The van der Waals surface area contributed by atoms with Crippen LogP contribution in [-0.2, 0) is 6.54 Å². The molecule has 146 valence electrons. The molecule has 1 heterocycles. The molecule has 2 aromatic carbocycles. The average Bonchev–Trinajstić information content (AvgIpc) is 3.12. The average molecular weight is 382 g/mol. The maximum atomic E-state index is 13.0. The zero-order valence-electron chi connectivity index (χ0n) is 16.1. The number of ether oxygens (including phenoxy) is 1. The minimum Gasteiger partial charge on any atom is -0.495 e. The Balaban J connectivity index is 1.60. The molecule has 0 aliphatic heterocycles. The lowest BCUT2D eigenvalue weighted by Crippen LogP contribution is -2.36. The van der Waals surface area contributed by atoms with E-state index < -0.39 is 0 Å². The van der Waals surface area contributed by atoms with Crippen molar-refractivity contribution in [1.29, 1.82) is 0 Å². The van der Waals surface area contributed by atoms with Crippen molar-refractivity contribution in [2.24, 2.45) is 0 Å². The molecule has 0 saturated carbocycles. The predicted octanol–water partition coefficient (Wildman–Crippen LogP) is 3.89. The van der Waals surface area contributed by atoms with Gasteiger partial charge in [0.15, 0.2) is 0 Å². The van der Waals surface area contributed by atoms with Crippen LogP contribution in [0.4, 0.5) is 9.18 Å². The number of amides is 2. The van der Waals surface area contributed by atoms with Gasteiger partial charge in [0.05, 0.1) is 30.9 Å². The molecular formula is C21H23FN4O2. The van der Waals surface area contributed by atoms with Gasteiger partial charge in [-0.15, -0.1) is 0 Å². The maximum Gasteiger partial charge on any atom is 0.315 e. The highest BCUT2D eigenvalue weighted by Gasteiger charge is 2.11. The van der Waals surface area contributed by atoms with Gasteiger partial charge in [0.1, 0.15) is 11.6 Å². The maximum absolute atomic E-state index is 13.0. The molecule has 0 radical (unpaired) electrons. The first-order valence-corrected chi connectivity index (χ1v) is 8.94. The number of methoxy groups -OCH3 is 1. The number of benzene rings is 2. The van der Waals surface area contributed by atoms with Crippen LogP contribution in [0.3, 0.4) is 0 Å². The third kappa shape index (κ3) is 4.68. The molecule has 0 fully saturated rings. The van der Waals surface area contributed by atoms with E-state index in [4.69, 9.17) is 4.74 Å². The van der Waals surface area contributed by atoms with E-state index in [0.717, 1.165) is 22.5 Å². The fourth-order valence-electron chi connectivity index (χ4n) is 2.86. The summed E-state index contributed by atoms with van der Waals surface area (Å²) in [4.78, 5) is 16.4. The third-order valence-corrected chi connectivity index (χ3v) is 4.40. The number of imidazole rings is 1. The largest absolute Gasteiger partial charge is 0.495 e. The van der Waals surface area contributed by atoms with Crippen molar-refractivity contribution >= 4 is 6.03 Å². The van der Waals surface area contributed by atoms with Crippen LogP contribution in [-0.4, -0.2) is 22.7 Å². The first-order valence-electron chi connectivity index (χ1n) is 8.94. The number of nitrogens with zero attached hydrogens (tertiary/aromatic N) is 2. The summed E-state index contributed by atoms with van der Waals surface area (Å²) < 4.78 is 20.4.